The predicted molar refractivity (Wildman–Crippen MR) is 75.1 cm³/mol. The quantitative estimate of drug-likeness (QED) is 0.670. The van der Waals surface area contributed by atoms with Crippen LogP contribution in [0.5, 0.6) is 0 Å². The van der Waals surface area contributed by atoms with Gasteiger partial charge in [0.1, 0.15) is 5.69 Å². The largest absolute Gasteiger partial charge is 0.376 e. The molecule has 0 saturated carbocycles. The van der Waals surface area contributed by atoms with Crippen molar-refractivity contribution in [2.75, 3.05) is 17.3 Å². The first-order chi connectivity index (χ1) is 8.31. The fourth-order valence-corrected chi connectivity index (χ4v) is 2.57. The van der Waals surface area contributed by atoms with Crippen LogP contribution in [0.15, 0.2) is 12.1 Å². The lowest BCUT2D eigenvalue weighted by Gasteiger charge is -2.14. The molecule has 1 rings (SSSR count). The van der Waals surface area contributed by atoms with Crippen molar-refractivity contribution in [2.45, 2.75) is 13.0 Å². The molecule has 2 unspecified atom stereocenters. The number of nitrogens with zero attached hydrogens (tertiary/aromatic N) is 1. The molecule has 18 heavy (non-hydrogen) atoms. The summed E-state index contributed by atoms with van der Waals surface area (Å²) in [6, 6.07) is 2.42. The first-order valence-corrected chi connectivity index (χ1v) is 7.49. The lowest BCUT2D eigenvalue weighted by molar-refractivity contribution is -0.384. The molecule has 0 aromatic heterocycles. The fourth-order valence-electron chi connectivity index (χ4n) is 1.46. The minimum atomic E-state index is -0.988. The van der Waals surface area contributed by atoms with Gasteiger partial charge in [-0.2, -0.15) is 0 Å². The van der Waals surface area contributed by atoms with Crippen molar-refractivity contribution in [3.63, 3.8) is 0 Å². The number of nitrogens with one attached hydrogen (secondary N) is 1. The summed E-state index contributed by atoms with van der Waals surface area (Å²) in [6.45, 7) is 1.79. The molecule has 1 N–H and O–H groups in total. The molecule has 2 atom stereocenters. The zero-order valence-corrected chi connectivity index (χ0v) is 12.1. The summed E-state index contributed by atoms with van der Waals surface area (Å²) in [5.41, 5.74) is 0.116. The van der Waals surface area contributed by atoms with Crippen LogP contribution < -0.4 is 5.32 Å². The van der Waals surface area contributed by atoms with Gasteiger partial charge in [0.2, 0.25) is 0 Å². The lowest BCUT2D eigenvalue weighted by Crippen LogP contribution is -2.22. The van der Waals surface area contributed by atoms with Crippen LogP contribution in [-0.4, -0.2) is 27.2 Å². The molecule has 0 heterocycles. The summed E-state index contributed by atoms with van der Waals surface area (Å²) in [5, 5.41) is 14.2. The Labute approximate surface area is 117 Å². The second-order valence-corrected chi connectivity index (χ2v) is 6.12. The van der Waals surface area contributed by atoms with E-state index in [2.05, 4.69) is 5.32 Å². The highest BCUT2D eigenvalue weighted by Gasteiger charge is 2.18. The monoisotopic (exact) mass is 310 g/mol. The predicted octanol–water partition coefficient (Wildman–Crippen LogP) is 3.08. The van der Waals surface area contributed by atoms with E-state index in [-0.39, 0.29) is 27.5 Å². The number of anilines is 1. The van der Waals surface area contributed by atoms with Crippen LogP contribution in [0, 0.1) is 10.1 Å². The first kappa shape index (κ1) is 15.2. The number of rotatable bonds is 5. The van der Waals surface area contributed by atoms with Gasteiger partial charge in [-0.3, -0.25) is 14.3 Å². The molecule has 1 aromatic carbocycles. The second kappa shape index (κ2) is 6.36. The second-order valence-electron chi connectivity index (χ2n) is 3.83. The van der Waals surface area contributed by atoms with E-state index in [4.69, 9.17) is 23.2 Å². The van der Waals surface area contributed by atoms with Gasteiger partial charge in [-0.25, -0.2) is 0 Å². The number of halogens is 2. The van der Waals surface area contributed by atoms with Crippen LogP contribution in [0.4, 0.5) is 11.4 Å². The minimum absolute atomic E-state index is 0.126. The molecular weight excluding hydrogens is 299 g/mol. The van der Waals surface area contributed by atoms with E-state index < -0.39 is 15.7 Å². The zero-order valence-electron chi connectivity index (χ0n) is 9.78. The average Bonchev–Trinajstić information content (AvgIpc) is 2.21. The van der Waals surface area contributed by atoms with Crippen LogP contribution in [0.2, 0.25) is 10.0 Å². The van der Waals surface area contributed by atoms with E-state index in [1.807, 2.05) is 0 Å². The first-order valence-electron chi connectivity index (χ1n) is 5.01. The summed E-state index contributed by atoms with van der Waals surface area (Å²) in [4.78, 5) is 10.4. The smallest absolute Gasteiger partial charge is 0.293 e. The number of nitro groups is 1. The van der Waals surface area contributed by atoms with E-state index in [0.29, 0.717) is 5.75 Å². The van der Waals surface area contributed by atoms with Gasteiger partial charge in [0, 0.05) is 34.9 Å². The van der Waals surface area contributed by atoms with Crippen LogP contribution in [-0.2, 0) is 10.8 Å². The highest BCUT2D eigenvalue weighted by atomic mass is 35.5. The van der Waals surface area contributed by atoms with Gasteiger partial charge >= 0.3 is 0 Å². The lowest BCUT2D eigenvalue weighted by atomic mass is 10.2. The maximum atomic E-state index is 11.1. The average molecular weight is 311 g/mol. The Morgan fingerprint density at radius 2 is 2.00 bits per heavy atom. The molecule has 5 nitrogen and oxygen atoms in total. The van der Waals surface area contributed by atoms with E-state index in [9.17, 15) is 14.3 Å². The van der Waals surface area contributed by atoms with Crippen molar-refractivity contribution in [1.82, 2.24) is 0 Å². The Bertz CT molecular complexity index is 496. The topological polar surface area (TPSA) is 72.2 Å². The van der Waals surface area contributed by atoms with Crippen LogP contribution in [0.1, 0.15) is 6.92 Å². The molecule has 0 saturated heterocycles. The van der Waals surface area contributed by atoms with Gasteiger partial charge in [0.15, 0.2) is 0 Å². The molecule has 100 valence electrons. The van der Waals surface area contributed by atoms with Gasteiger partial charge < -0.3 is 5.32 Å². The van der Waals surface area contributed by atoms with Crippen LogP contribution >= 0.6 is 23.2 Å². The van der Waals surface area contributed by atoms with Gasteiger partial charge in [0.05, 0.1) is 15.0 Å². The van der Waals surface area contributed by atoms with E-state index in [1.165, 1.54) is 12.1 Å². The van der Waals surface area contributed by atoms with Gasteiger partial charge in [-0.1, -0.05) is 23.2 Å². The molecule has 0 aliphatic rings. The highest BCUT2D eigenvalue weighted by Crippen LogP contribution is 2.34. The van der Waals surface area contributed by atoms with Crippen molar-refractivity contribution >= 4 is 45.4 Å². The number of nitro benzene ring substituents is 1. The van der Waals surface area contributed by atoms with E-state index in [1.54, 1.807) is 13.2 Å². The summed E-state index contributed by atoms with van der Waals surface area (Å²) in [6.07, 6.45) is 1.57. The molecule has 0 amide bonds. The molecule has 0 fully saturated rings. The summed E-state index contributed by atoms with van der Waals surface area (Å²) < 4.78 is 11.1. The van der Waals surface area contributed by atoms with Crippen molar-refractivity contribution in [2.24, 2.45) is 0 Å². The number of hydrogen-bond acceptors (Lipinski definition) is 4. The maximum Gasteiger partial charge on any atom is 0.293 e. The van der Waals surface area contributed by atoms with Crippen molar-refractivity contribution in [3.05, 3.63) is 32.3 Å². The van der Waals surface area contributed by atoms with E-state index >= 15 is 0 Å². The van der Waals surface area contributed by atoms with Crippen molar-refractivity contribution in [1.29, 1.82) is 0 Å². The number of benzene rings is 1. The molecule has 0 aliphatic heterocycles. The Hall–Kier alpha value is -0.850. The fraction of sp³-hybridized carbons (Fsp3) is 0.400. The molecule has 0 aliphatic carbocycles. The van der Waals surface area contributed by atoms with Gasteiger partial charge in [-0.15, -0.1) is 0 Å². The highest BCUT2D eigenvalue weighted by molar-refractivity contribution is 7.84. The minimum Gasteiger partial charge on any atom is -0.376 e. The van der Waals surface area contributed by atoms with Gasteiger partial charge in [0.25, 0.3) is 5.69 Å². The SMILES string of the molecule is CC(CS(C)=O)Nc1cc(Cl)c(Cl)cc1[N+](=O)[O-]. The normalized spacial score (nSPS) is 14.0. The van der Waals surface area contributed by atoms with Crippen molar-refractivity contribution in [3.8, 4) is 0 Å². The molecule has 0 spiro atoms. The molecule has 0 radical (unpaired) electrons. The summed E-state index contributed by atoms with van der Waals surface area (Å²) in [5.74, 6) is 0.386. The number of hydrogen-bond donors (Lipinski definition) is 1. The zero-order chi connectivity index (χ0) is 13.9. The van der Waals surface area contributed by atoms with E-state index in [0.717, 1.165) is 0 Å². The Kier molecular flexibility index (Phi) is 5.37. The molecule has 8 heteroatoms. The standard InChI is InChI=1S/C10H12Cl2N2O3S/c1-6(5-18(2)17)13-9-3-7(11)8(12)4-10(9)14(15)16/h3-4,6,13H,5H2,1-2H3. The molecular formula is C10H12Cl2N2O3S. The Balaban J connectivity index is 3.03. The molecule has 0 bridgehead atoms. The molecule has 1 aromatic rings. The summed E-state index contributed by atoms with van der Waals surface area (Å²) in [7, 11) is -0.988. The van der Waals surface area contributed by atoms with Gasteiger partial charge in [-0.05, 0) is 13.0 Å². The Morgan fingerprint density at radius 1 is 1.44 bits per heavy atom. The third-order valence-corrected chi connectivity index (χ3v) is 3.81. The third-order valence-electron chi connectivity index (χ3n) is 2.12. The van der Waals surface area contributed by atoms with Crippen LogP contribution in [0.3, 0.4) is 0 Å². The summed E-state index contributed by atoms with van der Waals surface area (Å²) >= 11 is 11.6. The Morgan fingerprint density at radius 3 is 2.50 bits per heavy atom. The van der Waals surface area contributed by atoms with Crippen LogP contribution in [0.25, 0.3) is 0 Å². The van der Waals surface area contributed by atoms with Crippen molar-refractivity contribution < 1.29 is 9.13 Å². The third kappa shape index (κ3) is 4.12. The maximum absolute atomic E-state index is 11.1.